The lowest BCUT2D eigenvalue weighted by Crippen LogP contribution is -2.09. The van der Waals surface area contributed by atoms with Gasteiger partial charge in [0.15, 0.2) is 6.61 Å². The molecule has 0 saturated carbocycles. The molecule has 0 spiro atoms. The smallest absolute Gasteiger partial charge is 0.341 e. The summed E-state index contributed by atoms with van der Waals surface area (Å²) in [5, 5.41) is 10.6. The Balaban J connectivity index is 1.39. The molecular formula is C21H21NO5S. The lowest BCUT2D eigenvalue weighted by atomic mass is 10.1. The number of hydrogen-bond donors (Lipinski definition) is 2. The van der Waals surface area contributed by atoms with Gasteiger partial charge >= 0.3 is 5.97 Å². The number of carboxylic acid groups (broad SMARTS) is 1. The molecule has 0 bridgehead atoms. The summed E-state index contributed by atoms with van der Waals surface area (Å²) in [5.41, 5.74) is 7.79. The van der Waals surface area contributed by atoms with E-state index in [0.717, 1.165) is 5.56 Å². The number of carbonyl (C=O) groups is 1. The standard InChI is InChI=1S/C21H21NO5S/c22-18-13-15(20-3-1-12-28-20)4-9-19(18)26-11-2-10-25-16-5-7-17(8-6-16)27-14-21(23)24/h1,3-9,12-13H,2,10-11,14,22H2,(H,23,24). The predicted molar refractivity (Wildman–Crippen MR) is 109 cm³/mol. The van der Waals surface area contributed by atoms with E-state index in [9.17, 15) is 4.79 Å². The van der Waals surface area contributed by atoms with Crippen molar-refractivity contribution in [2.24, 2.45) is 0 Å². The van der Waals surface area contributed by atoms with Crippen molar-refractivity contribution in [1.82, 2.24) is 0 Å². The molecule has 6 nitrogen and oxygen atoms in total. The lowest BCUT2D eigenvalue weighted by Gasteiger charge is -2.11. The van der Waals surface area contributed by atoms with Crippen LogP contribution in [-0.4, -0.2) is 30.9 Å². The Labute approximate surface area is 167 Å². The first-order valence-electron chi connectivity index (χ1n) is 8.75. The van der Waals surface area contributed by atoms with Crippen LogP contribution in [0.1, 0.15) is 6.42 Å². The van der Waals surface area contributed by atoms with Gasteiger partial charge in [-0.15, -0.1) is 11.3 Å². The third-order valence-corrected chi connectivity index (χ3v) is 4.74. The molecule has 0 fully saturated rings. The zero-order valence-corrected chi connectivity index (χ0v) is 16.0. The number of aliphatic carboxylic acids is 1. The summed E-state index contributed by atoms with van der Waals surface area (Å²) in [5.74, 6) is 0.824. The van der Waals surface area contributed by atoms with Crippen molar-refractivity contribution < 1.29 is 24.1 Å². The van der Waals surface area contributed by atoms with Crippen LogP contribution in [0.25, 0.3) is 10.4 Å². The van der Waals surface area contributed by atoms with Crippen molar-refractivity contribution in [3.63, 3.8) is 0 Å². The summed E-state index contributed by atoms with van der Waals surface area (Å²) in [6.45, 7) is 0.611. The molecule has 0 aliphatic carbocycles. The molecule has 28 heavy (non-hydrogen) atoms. The first kappa shape index (κ1) is 19.6. The highest BCUT2D eigenvalue weighted by Gasteiger charge is 2.05. The molecule has 0 aliphatic heterocycles. The molecule has 7 heteroatoms. The van der Waals surface area contributed by atoms with Crippen molar-refractivity contribution in [3.8, 4) is 27.7 Å². The Kier molecular flexibility index (Phi) is 6.75. The maximum Gasteiger partial charge on any atom is 0.341 e. The Morgan fingerprint density at radius 1 is 0.964 bits per heavy atom. The van der Waals surface area contributed by atoms with E-state index < -0.39 is 5.97 Å². The quantitative estimate of drug-likeness (QED) is 0.390. The minimum Gasteiger partial charge on any atom is -0.493 e. The summed E-state index contributed by atoms with van der Waals surface area (Å²) < 4.78 is 16.5. The first-order valence-corrected chi connectivity index (χ1v) is 9.63. The number of nitrogens with two attached hydrogens (primary N) is 1. The third-order valence-electron chi connectivity index (χ3n) is 3.82. The van der Waals surface area contributed by atoms with E-state index in [-0.39, 0.29) is 6.61 Å². The van der Waals surface area contributed by atoms with Gasteiger partial charge in [0, 0.05) is 11.3 Å². The molecule has 0 amide bonds. The number of ether oxygens (including phenoxy) is 3. The second-order valence-corrected chi connectivity index (χ2v) is 6.88. The molecule has 3 N–H and O–H groups in total. The second-order valence-electron chi connectivity index (χ2n) is 5.93. The Morgan fingerprint density at radius 3 is 2.32 bits per heavy atom. The normalized spacial score (nSPS) is 10.4. The van der Waals surface area contributed by atoms with Crippen LogP contribution in [0.15, 0.2) is 60.0 Å². The SMILES string of the molecule is Nc1cc(-c2cccs2)ccc1OCCCOc1ccc(OCC(=O)O)cc1. The largest absolute Gasteiger partial charge is 0.493 e. The molecule has 0 radical (unpaired) electrons. The number of hydrogen-bond acceptors (Lipinski definition) is 6. The van der Waals surface area contributed by atoms with E-state index in [2.05, 4.69) is 6.07 Å². The van der Waals surface area contributed by atoms with Crippen molar-refractivity contribution in [1.29, 1.82) is 0 Å². The van der Waals surface area contributed by atoms with E-state index in [1.807, 2.05) is 29.6 Å². The van der Waals surface area contributed by atoms with E-state index in [1.165, 1.54) is 4.88 Å². The highest BCUT2D eigenvalue weighted by atomic mass is 32.1. The number of thiophene rings is 1. The highest BCUT2D eigenvalue weighted by molar-refractivity contribution is 7.13. The van der Waals surface area contributed by atoms with Gasteiger partial charge in [0.1, 0.15) is 17.2 Å². The number of nitrogen functional groups attached to an aromatic ring is 1. The van der Waals surface area contributed by atoms with Crippen LogP contribution in [0.3, 0.4) is 0 Å². The van der Waals surface area contributed by atoms with E-state index >= 15 is 0 Å². The maximum absolute atomic E-state index is 10.5. The van der Waals surface area contributed by atoms with Gasteiger partial charge in [0.05, 0.1) is 18.9 Å². The molecule has 0 unspecified atom stereocenters. The van der Waals surface area contributed by atoms with Gasteiger partial charge in [0.2, 0.25) is 0 Å². The fourth-order valence-electron chi connectivity index (χ4n) is 2.48. The molecule has 3 rings (SSSR count). The minimum atomic E-state index is -1.01. The molecule has 0 aliphatic rings. The predicted octanol–water partition coefficient (Wildman–Crippen LogP) is 4.31. The van der Waals surface area contributed by atoms with Gasteiger partial charge in [-0.25, -0.2) is 4.79 Å². The molecule has 0 saturated heterocycles. The maximum atomic E-state index is 10.5. The summed E-state index contributed by atoms with van der Waals surface area (Å²) in [4.78, 5) is 11.6. The van der Waals surface area contributed by atoms with Crippen LogP contribution in [0.5, 0.6) is 17.2 Å². The van der Waals surface area contributed by atoms with Gasteiger partial charge in [-0.1, -0.05) is 6.07 Å². The zero-order chi connectivity index (χ0) is 19.8. The topological polar surface area (TPSA) is 91.0 Å². The van der Waals surface area contributed by atoms with E-state index in [1.54, 1.807) is 35.6 Å². The van der Waals surface area contributed by atoms with Crippen LogP contribution in [-0.2, 0) is 4.79 Å². The molecule has 1 aromatic heterocycles. The van der Waals surface area contributed by atoms with Gasteiger partial charge in [-0.3, -0.25) is 0 Å². The minimum absolute atomic E-state index is 0.366. The van der Waals surface area contributed by atoms with Crippen molar-refractivity contribution in [2.45, 2.75) is 6.42 Å². The fourth-order valence-corrected chi connectivity index (χ4v) is 3.21. The number of anilines is 1. The average Bonchev–Trinajstić information content (AvgIpc) is 3.23. The lowest BCUT2D eigenvalue weighted by molar-refractivity contribution is -0.139. The number of rotatable bonds is 10. The highest BCUT2D eigenvalue weighted by Crippen LogP contribution is 2.31. The monoisotopic (exact) mass is 399 g/mol. The second kappa shape index (κ2) is 9.66. The van der Waals surface area contributed by atoms with Crippen LogP contribution in [0.2, 0.25) is 0 Å². The molecule has 0 atom stereocenters. The van der Waals surface area contributed by atoms with Crippen molar-refractivity contribution in [2.75, 3.05) is 25.6 Å². The molecule has 146 valence electrons. The van der Waals surface area contributed by atoms with Crippen LogP contribution >= 0.6 is 11.3 Å². The summed E-state index contributed by atoms with van der Waals surface area (Å²) in [6.07, 6.45) is 0.698. The summed E-state index contributed by atoms with van der Waals surface area (Å²) in [7, 11) is 0. The molecule has 3 aromatic rings. The number of carboxylic acids is 1. The molecular weight excluding hydrogens is 378 g/mol. The van der Waals surface area contributed by atoms with Crippen molar-refractivity contribution in [3.05, 3.63) is 60.0 Å². The summed E-state index contributed by atoms with van der Waals surface area (Å²) in [6, 6.07) is 16.7. The van der Waals surface area contributed by atoms with Crippen molar-refractivity contribution >= 4 is 23.0 Å². The van der Waals surface area contributed by atoms with Gasteiger partial charge in [-0.2, -0.15) is 0 Å². The zero-order valence-electron chi connectivity index (χ0n) is 15.2. The fraction of sp³-hybridized carbons (Fsp3) is 0.190. The van der Waals surface area contributed by atoms with Crippen LogP contribution in [0.4, 0.5) is 5.69 Å². The van der Waals surface area contributed by atoms with Gasteiger partial charge in [-0.05, 0) is 59.5 Å². The van der Waals surface area contributed by atoms with Crippen LogP contribution < -0.4 is 19.9 Å². The Hall–Kier alpha value is -3.19. The summed E-state index contributed by atoms with van der Waals surface area (Å²) >= 11 is 1.67. The Morgan fingerprint density at radius 2 is 1.68 bits per heavy atom. The number of benzene rings is 2. The van der Waals surface area contributed by atoms with Crippen LogP contribution in [0, 0.1) is 0 Å². The van der Waals surface area contributed by atoms with E-state index in [4.69, 9.17) is 25.1 Å². The average molecular weight is 399 g/mol. The first-order chi connectivity index (χ1) is 13.6. The third kappa shape index (κ3) is 5.65. The molecule has 1 heterocycles. The van der Waals surface area contributed by atoms with Gasteiger partial charge in [0.25, 0.3) is 0 Å². The van der Waals surface area contributed by atoms with E-state index in [0.29, 0.717) is 42.6 Å². The van der Waals surface area contributed by atoms with Gasteiger partial charge < -0.3 is 25.1 Å². The Bertz CT molecular complexity index is 894. The molecule has 2 aromatic carbocycles.